The lowest BCUT2D eigenvalue weighted by molar-refractivity contribution is 0.0595. The molecule has 1 aliphatic rings. The van der Waals surface area contributed by atoms with Crippen LogP contribution in [0.5, 0.6) is 0 Å². The minimum absolute atomic E-state index is 0.0163. The number of piperazine rings is 1. The van der Waals surface area contributed by atoms with Crippen molar-refractivity contribution in [1.82, 2.24) is 19.4 Å². The molecule has 1 aromatic heterocycles. The molecule has 0 atom stereocenters. The first kappa shape index (κ1) is 22.8. The number of rotatable bonds is 6. The van der Waals surface area contributed by atoms with E-state index in [-0.39, 0.29) is 5.91 Å². The Morgan fingerprint density at radius 3 is 2.17 bits per heavy atom. The first-order chi connectivity index (χ1) is 17.1. The monoisotopic (exact) mass is 468 g/mol. The van der Waals surface area contributed by atoms with Crippen LogP contribution in [0, 0.1) is 0 Å². The van der Waals surface area contributed by atoms with E-state index in [4.69, 9.17) is 9.72 Å². The van der Waals surface area contributed by atoms with Crippen LogP contribution in [0.25, 0.3) is 11.0 Å². The molecular formula is C28H28N4O3. The van der Waals surface area contributed by atoms with Gasteiger partial charge in [0.05, 0.1) is 30.3 Å². The maximum Gasteiger partial charge on any atom is 0.337 e. The highest BCUT2D eigenvalue weighted by molar-refractivity contribution is 5.96. The van der Waals surface area contributed by atoms with Gasteiger partial charge in [-0.25, -0.2) is 9.78 Å². The predicted molar refractivity (Wildman–Crippen MR) is 134 cm³/mol. The summed E-state index contributed by atoms with van der Waals surface area (Å²) in [6.07, 6.45) is 0. The molecule has 35 heavy (non-hydrogen) atoms. The molecule has 0 unspecified atom stereocenters. The zero-order chi connectivity index (χ0) is 24.2. The molecule has 0 N–H and O–H groups in total. The van der Waals surface area contributed by atoms with E-state index in [0.717, 1.165) is 43.0 Å². The van der Waals surface area contributed by atoms with Gasteiger partial charge in [-0.3, -0.25) is 9.69 Å². The summed E-state index contributed by atoms with van der Waals surface area (Å²) in [7, 11) is 1.34. The van der Waals surface area contributed by atoms with Crippen LogP contribution in [0.2, 0.25) is 0 Å². The molecule has 1 saturated heterocycles. The van der Waals surface area contributed by atoms with E-state index in [0.29, 0.717) is 24.2 Å². The van der Waals surface area contributed by atoms with E-state index >= 15 is 0 Å². The molecule has 0 radical (unpaired) electrons. The van der Waals surface area contributed by atoms with E-state index in [1.54, 1.807) is 24.3 Å². The maximum absolute atomic E-state index is 13.0. The van der Waals surface area contributed by atoms with Crippen molar-refractivity contribution < 1.29 is 14.3 Å². The molecule has 0 saturated carbocycles. The molecular weight excluding hydrogens is 440 g/mol. The highest BCUT2D eigenvalue weighted by atomic mass is 16.5. The van der Waals surface area contributed by atoms with Crippen molar-refractivity contribution in [1.29, 1.82) is 0 Å². The zero-order valence-electron chi connectivity index (χ0n) is 19.8. The molecule has 2 heterocycles. The number of hydrogen-bond acceptors (Lipinski definition) is 5. The Morgan fingerprint density at radius 1 is 0.800 bits per heavy atom. The van der Waals surface area contributed by atoms with Crippen LogP contribution in [-0.4, -0.2) is 64.5 Å². The molecule has 0 bridgehead atoms. The fourth-order valence-electron chi connectivity index (χ4n) is 4.55. The third-order valence-electron chi connectivity index (χ3n) is 6.49. The highest BCUT2D eigenvalue weighted by Crippen LogP contribution is 2.20. The maximum atomic E-state index is 13.0. The number of aromatic nitrogens is 2. The molecule has 7 heteroatoms. The summed E-state index contributed by atoms with van der Waals surface area (Å²) in [5.74, 6) is 0.613. The number of fused-ring (bicyclic) bond motifs is 1. The number of carbonyl (C=O) groups excluding carboxylic acids is 2. The number of imidazole rings is 1. The molecule has 5 rings (SSSR count). The lowest BCUT2D eigenvalue weighted by Crippen LogP contribution is -2.48. The average Bonchev–Trinajstić information content (AvgIpc) is 3.25. The van der Waals surface area contributed by atoms with Gasteiger partial charge < -0.3 is 14.2 Å². The minimum Gasteiger partial charge on any atom is -0.465 e. The molecule has 3 aromatic carbocycles. The van der Waals surface area contributed by atoms with E-state index < -0.39 is 5.97 Å². The van der Waals surface area contributed by atoms with Gasteiger partial charge in [0.25, 0.3) is 5.91 Å². The SMILES string of the molecule is COC(=O)c1ccc(C(=O)N2CCN(Cc3nc4ccccc4n3Cc3ccccc3)CC2)cc1. The van der Waals surface area contributed by atoms with Crippen LogP contribution in [0.1, 0.15) is 32.1 Å². The summed E-state index contributed by atoms with van der Waals surface area (Å²) >= 11 is 0. The normalized spacial score (nSPS) is 14.3. The molecule has 7 nitrogen and oxygen atoms in total. The van der Waals surface area contributed by atoms with E-state index in [9.17, 15) is 9.59 Å². The Morgan fingerprint density at radius 2 is 1.46 bits per heavy atom. The predicted octanol–water partition coefficient (Wildman–Crippen LogP) is 3.83. The van der Waals surface area contributed by atoms with Crippen molar-refractivity contribution in [3.05, 3.63) is 101 Å². The minimum atomic E-state index is -0.407. The zero-order valence-corrected chi connectivity index (χ0v) is 19.8. The third kappa shape index (κ3) is 4.95. The van der Waals surface area contributed by atoms with Crippen LogP contribution >= 0.6 is 0 Å². The fraction of sp³-hybridized carbons (Fsp3) is 0.250. The van der Waals surface area contributed by atoms with Gasteiger partial charge in [0, 0.05) is 38.3 Å². The molecule has 178 valence electrons. The molecule has 0 aliphatic carbocycles. The Balaban J connectivity index is 1.26. The lowest BCUT2D eigenvalue weighted by Gasteiger charge is -2.34. The number of ether oxygens (including phenoxy) is 1. The summed E-state index contributed by atoms with van der Waals surface area (Å²) in [4.78, 5) is 33.8. The molecule has 1 aliphatic heterocycles. The van der Waals surface area contributed by atoms with Gasteiger partial charge in [-0.1, -0.05) is 42.5 Å². The summed E-state index contributed by atoms with van der Waals surface area (Å²) < 4.78 is 7.02. The van der Waals surface area contributed by atoms with Gasteiger partial charge in [0.1, 0.15) is 5.82 Å². The molecule has 1 amide bonds. The first-order valence-corrected chi connectivity index (χ1v) is 11.8. The third-order valence-corrected chi connectivity index (χ3v) is 6.49. The van der Waals surface area contributed by atoms with E-state index in [1.165, 1.54) is 12.7 Å². The number of benzene rings is 3. The smallest absolute Gasteiger partial charge is 0.337 e. The van der Waals surface area contributed by atoms with E-state index in [1.807, 2.05) is 17.0 Å². The number of para-hydroxylation sites is 2. The van der Waals surface area contributed by atoms with Crippen molar-refractivity contribution in [2.75, 3.05) is 33.3 Å². The standard InChI is InChI=1S/C28H28N4O3/c1-35-28(34)23-13-11-22(12-14-23)27(33)31-17-15-30(16-18-31)20-26-29-24-9-5-6-10-25(24)32(26)19-21-7-3-2-4-8-21/h2-14H,15-20H2,1H3. The van der Waals surface area contributed by atoms with Crippen molar-refractivity contribution in [3.8, 4) is 0 Å². The van der Waals surface area contributed by atoms with E-state index in [2.05, 4.69) is 51.9 Å². The number of methoxy groups -OCH3 is 1. The van der Waals surface area contributed by atoms with Gasteiger partial charge >= 0.3 is 5.97 Å². The summed E-state index contributed by atoms with van der Waals surface area (Å²) in [6.45, 7) is 4.36. The molecule has 4 aromatic rings. The Labute approximate surface area is 204 Å². The van der Waals surface area contributed by atoms with Crippen LogP contribution in [-0.2, 0) is 17.8 Å². The van der Waals surface area contributed by atoms with Gasteiger partial charge in [0.15, 0.2) is 0 Å². The highest BCUT2D eigenvalue weighted by Gasteiger charge is 2.24. The Hall–Kier alpha value is -3.97. The van der Waals surface area contributed by atoms with Gasteiger partial charge in [-0.05, 0) is 42.0 Å². The number of esters is 1. The van der Waals surface area contributed by atoms with Crippen molar-refractivity contribution in [3.63, 3.8) is 0 Å². The number of amides is 1. The second-order valence-electron chi connectivity index (χ2n) is 8.73. The number of nitrogens with zero attached hydrogens (tertiary/aromatic N) is 4. The number of hydrogen-bond donors (Lipinski definition) is 0. The van der Waals surface area contributed by atoms with Crippen LogP contribution in [0.15, 0.2) is 78.9 Å². The van der Waals surface area contributed by atoms with Crippen molar-refractivity contribution in [2.45, 2.75) is 13.1 Å². The van der Waals surface area contributed by atoms with Crippen LogP contribution in [0.3, 0.4) is 0 Å². The fourth-order valence-corrected chi connectivity index (χ4v) is 4.55. The summed E-state index contributed by atoms with van der Waals surface area (Å²) in [5, 5.41) is 0. The lowest BCUT2D eigenvalue weighted by atomic mass is 10.1. The molecule has 0 spiro atoms. The largest absolute Gasteiger partial charge is 0.465 e. The van der Waals surface area contributed by atoms with Gasteiger partial charge in [-0.2, -0.15) is 0 Å². The van der Waals surface area contributed by atoms with Gasteiger partial charge in [0.2, 0.25) is 0 Å². The quantitative estimate of drug-likeness (QED) is 0.403. The van der Waals surface area contributed by atoms with Crippen molar-refractivity contribution >= 4 is 22.9 Å². The average molecular weight is 469 g/mol. The van der Waals surface area contributed by atoms with Crippen LogP contribution < -0.4 is 0 Å². The second kappa shape index (κ2) is 10.1. The first-order valence-electron chi connectivity index (χ1n) is 11.8. The summed E-state index contributed by atoms with van der Waals surface area (Å²) in [5.41, 5.74) is 4.40. The molecule has 1 fully saturated rings. The van der Waals surface area contributed by atoms with Crippen molar-refractivity contribution in [2.24, 2.45) is 0 Å². The Kier molecular flexibility index (Phi) is 6.59. The topological polar surface area (TPSA) is 67.7 Å². The number of carbonyl (C=O) groups is 2. The van der Waals surface area contributed by atoms with Gasteiger partial charge in [-0.15, -0.1) is 0 Å². The Bertz CT molecular complexity index is 1320. The summed E-state index contributed by atoms with van der Waals surface area (Å²) in [6, 6.07) is 25.3. The van der Waals surface area contributed by atoms with Crippen LogP contribution in [0.4, 0.5) is 0 Å². The second-order valence-corrected chi connectivity index (χ2v) is 8.73.